The standard InChI is InChI=1S/C16H21NO5/c1-21-9-7-17(11-16(19)20)15(18)10-12-6-8-22-14-5-3-2-4-13(12)14/h2-5,12H,6-11H2,1H3,(H,19,20)/t12-/m1/s1. The van der Waals surface area contributed by atoms with Crippen LogP contribution in [-0.4, -0.2) is 55.3 Å². The molecule has 1 aliphatic rings. The maximum atomic E-state index is 12.4. The molecule has 1 aliphatic heterocycles. The molecule has 0 spiro atoms. The molecule has 0 radical (unpaired) electrons. The number of fused-ring (bicyclic) bond motifs is 1. The van der Waals surface area contributed by atoms with E-state index < -0.39 is 5.97 Å². The summed E-state index contributed by atoms with van der Waals surface area (Å²) in [4.78, 5) is 24.7. The van der Waals surface area contributed by atoms with Gasteiger partial charge >= 0.3 is 5.97 Å². The van der Waals surface area contributed by atoms with Crippen molar-refractivity contribution >= 4 is 11.9 Å². The summed E-state index contributed by atoms with van der Waals surface area (Å²) in [6.07, 6.45) is 1.05. The van der Waals surface area contributed by atoms with Gasteiger partial charge in [-0.15, -0.1) is 0 Å². The molecule has 0 aliphatic carbocycles. The lowest BCUT2D eigenvalue weighted by Gasteiger charge is -2.28. The lowest BCUT2D eigenvalue weighted by molar-refractivity contribution is -0.145. The van der Waals surface area contributed by atoms with E-state index in [9.17, 15) is 9.59 Å². The summed E-state index contributed by atoms with van der Waals surface area (Å²) in [6, 6.07) is 7.68. The highest BCUT2D eigenvalue weighted by Gasteiger charge is 2.26. The summed E-state index contributed by atoms with van der Waals surface area (Å²) in [7, 11) is 1.53. The normalized spacial score (nSPS) is 16.5. The molecule has 120 valence electrons. The molecule has 1 heterocycles. The molecule has 0 fully saturated rings. The van der Waals surface area contributed by atoms with Gasteiger partial charge in [0.15, 0.2) is 0 Å². The molecule has 0 aromatic heterocycles. The largest absolute Gasteiger partial charge is 0.493 e. The van der Waals surface area contributed by atoms with E-state index >= 15 is 0 Å². The van der Waals surface area contributed by atoms with Gasteiger partial charge in [-0.3, -0.25) is 9.59 Å². The van der Waals surface area contributed by atoms with Gasteiger partial charge < -0.3 is 19.5 Å². The topological polar surface area (TPSA) is 76.1 Å². The van der Waals surface area contributed by atoms with Crippen LogP contribution in [-0.2, 0) is 14.3 Å². The number of methoxy groups -OCH3 is 1. The molecule has 1 atom stereocenters. The third kappa shape index (κ3) is 4.21. The van der Waals surface area contributed by atoms with E-state index in [-0.39, 0.29) is 31.3 Å². The number of carbonyl (C=O) groups is 2. The first-order valence-electron chi connectivity index (χ1n) is 7.32. The fourth-order valence-electron chi connectivity index (χ4n) is 2.62. The summed E-state index contributed by atoms with van der Waals surface area (Å²) < 4.78 is 10.5. The Morgan fingerprint density at radius 1 is 1.41 bits per heavy atom. The van der Waals surface area contributed by atoms with Crippen LogP contribution >= 0.6 is 0 Å². The molecule has 1 aromatic rings. The Labute approximate surface area is 129 Å². The number of para-hydroxylation sites is 1. The lowest BCUT2D eigenvalue weighted by Crippen LogP contribution is -2.38. The molecule has 0 saturated heterocycles. The van der Waals surface area contributed by atoms with Crippen molar-refractivity contribution in [2.24, 2.45) is 0 Å². The summed E-state index contributed by atoms with van der Waals surface area (Å²) in [6.45, 7) is 0.884. The highest BCUT2D eigenvalue weighted by atomic mass is 16.5. The molecule has 1 aromatic carbocycles. The van der Waals surface area contributed by atoms with E-state index in [2.05, 4.69) is 0 Å². The molecule has 6 heteroatoms. The first-order chi connectivity index (χ1) is 10.6. The number of amides is 1. The van der Waals surface area contributed by atoms with Crippen LogP contribution in [0.1, 0.15) is 24.3 Å². The Hall–Kier alpha value is -2.08. The van der Waals surface area contributed by atoms with Gasteiger partial charge in [0.25, 0.3) is 0 Å². The van der Waals surface area contributed by atoms with Crippen molar-refractivity contribution in [3.63, 3.8) is 0 Å². The predicted octanol–water partition coefficient (Wildman–Crippen LogP) is 1.50. The molecule has 2 rings (SSSR count). The van der Waals surface area contributed by atoms with Crippen molar-refractivity contribution < 1.29 is 24.2 Å². The molecular formula is C16H21NO5. The van der Waals surface area contributed by atoms with Crippen molar-refractivity contribution in [3.8, 4) is 5.75 Å². The number of hydrogen-bond acceptors (Lipinski definition) is 4. The van der Waals surface area contributed by atoms with Crippen LogP contribution in [0.2, 0.25) is 0 Å². The third-order valence-electron chi connectivity index (χ3n) is 3.75. The van der Waals surface area contributed by atoms with Crippen LogP contribution in [0.15, 0.2) is 24.3 Å². The van der Waals surface area contributed by atoms with Crippen molar-refractivity contribution in [3.05, 3.63) is 29.8 Å². The monoisotopic (exact) mass is 307 g/mol. The Kier molecular flexibility index (Phi) is 5.77. The van der Waals surface area contributed by atoms with E-state index in [0.717, 1.165) is 17.7 Å². The molecule has 22 heavy (non-hydrogen) atoms. The minimum absolute atomic E-state index is 0.0660. The van der Waals surface area contributed by atoms with E-state index in [1.165, 1.54) is 12.0 Å². The summed E-state index contributed by atoms with van der Waals surface area (Å²) >= 11 is 0. The molecule has 1 amide bonds. The first-order valence-corrected chi connectivity index (χ1v) is 7.32. The Morgan fingerprint density at radius 2 is 2.18 bits per heavy atom. The second-order valence-corrected chi connectivity index (χ2v) is 5.28. The fraction of sp³-hybridized carbons (Fsp3) is 0.500. The molecule has 0 saturated carbocycles. The Balaban J connectivity index is 2.05. The minimum atomic E-state index is -1.02. The van der Waals surface area contributed by atoms with Gasteiger partial charge in [-0.05, 0) is 24.0 Å². The zero-order chi connectivity index (χ0) is 15.9. The van der Waals surface area contributed by atoms with Crippen LogP contribution in [0.3, 0.4) is 0 Å². The average Bonchev–Trinajstić information content (AvgIpc) is 2.51. The molecule has 1 N–H and O–H groups in total. The van der Waals surface area contributed by atoms with Crippen molar-refractivity contribution in [1.82, 2.24) is 4.90 Å². The number of nitrogens with zero attached hydrogens (tertiary/aromatic N) is 1. The number of carboxylic acid groups (broad SMARTS) is 1. The predicted molar refractivity (Wildman–Crippen MR) is 80.0 cm³/mol. The zero-order valence-electron chi connectivity index (χ0n) is 12.7. The number of carboxylic acids is 1. The Bertz CT molecular complexity index is 531. The number of benzene rings is 1. The number of hydrogen-bond donors (Lipinski definition) is 1. The number of carbonyl (C=O) groups excluding carboxylic acids is 1. The first kappa shape index (κ1) is 16.3. The van der Waals surface area contributed by atoms with Crippen LogP contribution in [0, 0.1) is 0 Å². The highest BCUT2D eigenvalue weighted by molar-refractivity contribution is 5.82. The van der Waals surface area contributed by atoms with Gasteiger partial charge in [0.1, 0.15) is 12.3 Å². The maximum Gasteiger partial charge on any atom is 0.323 e. The van der Waals surface area contributed by atoms with Crippen LogP contribution in [0.4, 0.5) is 0 Å². The SMILES string of the molecule is COCCN(CC(=O)O)C(=O)C[C@H]1CCOc2ccccc21. The quantitative estimate of drug-likeness (QED) is 0.826. The van der Waals surface area contributed by atoms with Crippen molar-refractivity contribution in [2.45, 2.75) is 18.8 Å². The molecule has 6 nitrogen and oxygen atoms in total. The fourth-order valence-corrected chi connectivity index (χ4v) is 2.62. The zero-order valence-corrected chi connectivity index (χ0v) is 12.7. The van der Waals surface area contributed by atoms with Gasteiger partial charge in [-0.1, -0.05) is 18.2 Å². The summed E-state index contributed by atoms with van der Waals surface area (Å²) in [5.41, 5.74) is 1.02. The van der Waals surface area contributed by atoms with Crippen molar-refractivity contribution in [2.75, 3.05) is 33.4 Å². The van der Waals surface area contributed by atoms with E-state index in [4.69, 9.17) is 14.6 Å². The van der Waals surface area contributed by atoms with Gasteiger partial charge in [0.05, 0.1) is 13.2 Å². The van der Waals surface area contributed by atoms with E-state index in [1.54, 1.807) is 0 Å². The molecule has 0 unspecified atom stereocenters. The molecule has 0 bridgehead atoms. The van der Waals surface area contributed by atoms with E-state index in [1.807, 2.05) is 24.3 Å². The number of rotatable bonds is 7. The highest BCUT2D eigenvalue weighted by Crippen LogP contribution is 2.35. The van der Waals surface area contributed by atoms with Gasteiger partial charge in [-0.2, -0.15) is 0 Å². The van der Waals surface area contributed by atoms with Gasteiger partial charge in [-0.25, -0.2) is 0 Å². The second kappa shape index (κ2) is 7.79. The van der Waals surface area contributed by atoms with Crippen LogP contribution in [0.5, 0.6) is 5.75 Å². The van der Waals surface area contributed by atoms with Crippen LogP contribution in [0.25, 0.3) is 0 Å². The smallest absolute Gasteiger partial charge is 0.323 e. The average molecular weight is 307 g/mol. The summed E-state index contributed by atoms with van der Waals surface area (Å²) in [5.74, 6) is -0.303. The van der Waals surface area contributed by atoms with E-state index in [0.29, 0.717) is 13.2 Å². The van der Waals surface area contributed by atoms with Gasteiger partial charge in [0.2, 0.25) is 5.91 Å². The van der Waals surface area contributed by atoms with Gasteiger partial charge in [0, 0.05) is 20.1 Å². The minimum Gasteiger partial charge on any atom is -0.493 e. The van der Waals surface area contributed by atoms with Crippen LogP contribution < -0.4 is 4.74 Å². The third-order valence-corrected chi connectivity index (χ3v) is 3.75. The second-order valence-electron chi connectivity index (χ2n) is 5.28. The lowest BCUT2D eigenvalue weighted by atomic mass is 9.90. The number of aliphatic carboxylic acids is 1. The van der Waals surface area contributed by atoms with Crippen molar-refractivity contribution in [1.29, 1.82) is 0 Å². The molecular weight excluding hydrogens is 286 g/mol. The maximum absolute atomic E-state index is 12.4. The summed E-state index contributed by atoms with van der Waals surface area (Å²) in [5, 5.41) is 8.94. The number of ether oxygens (including phenoxy) is 2. The Morgan fingerprint density at radius 3 is 2.91 bits per heavy atom.